The number of ether oxygens (including phenoxy) is 2. The molecular weight excluding hydrogens is 861 g/mol. The van der Waals surface area contributed by atoms with E-state index in [1.807, 2.05) is 0 Å². The van der Waals surface area contributed by atoms with Crippen molar-refractivity contribution in [2.45, 2.75) is 290 Å². The molecular formula is C65H112O5. The van der Waals surface area contributed by atoms with Crippen molar-refractivity contribution in [3.05, 3.63) is 97.2 Å². The number of unbranched alkanes of at least 4 members (excludes halogenated alkanes) is 30. The van der Waals surface area contributed by atoms with Crippen LogP contribution in [-0.2, 0) is 19.1 Å². The first-order valence-corrected chi connectivity index (χ1v) is 29.8. The zero-order chi connectivity index (χ0) is 50.6. The van der Waals surface area contributed by atoms with Crippen LogP contribution in [0.5, 0.6) is 0 Å². The van der Waals surface area contributed by atoms with Crippen molar-refractivity contribution in [1.29, 1.82) is 0 Å². The Morgan fingerprint density at radius 3 is 0.929 bits per heavy atom. The predicted octanol–water partition coefficient (Wildman–Crippen LogP) is 20.3. The third kappa shape index (κ3) is 57.4. The number of rotatable bonds is 54. The van der Waals surface area contributed by atoms with Gasteiger partial charge >= 0.3 is 11.9 Å². The molecule has 0 aliphatic rings. The fourth-order valence-corrected chi connectivity index (χ4v) is 8.41. The highest BCUT2D eigenvalue weighted by Gasteiger charge is 2.16. The Labute approximate surface area is 434 Å². The van der Waals surface area contributed by atoms with Crippen molar-refractivity contribution in [3.8, 4) is 0 Å². The lowest BCUT2D eigenvalue weighted by Gasteiger charge is -2.15. The molecule has 5 heteroatoms. The molecule has 0 aliphatic heterocycles. The van der Waals surface area contributed by atoms with Gasteiger partial charge in [-0.05, 0) is 96.3 Å². The van der Waals surface area contributed by atoms with E-state index in [-0.39, 0.29) is 25.2 Å². The van der Waals surface area contributed by atoms with E-state index in [1.54, 1.807) is 0 Å². The summed E-state index contributed by atoms with van der Waals surface area (Å²) in [5, 5.41) is 9.66. The van der Waals surface area contributed by atoms with E-state index in [0.717, 1.165) is 89.9 Å². The standard InChI is InChI=1S/C65H112O5/c1-3-5-7-9-11-13-15-17-19-21-23-25-26-27-28-29-30-31-32-33-34-35-36-37-38-40-42-44-46-48-50-52-54-56-58-60-65(68)70-63(61-66)62-69-64(67)59-57-55-53-51-49-47-45-43-41-39-24-22-20-18-16-14-12-10-8-6-4-2/h5,7,11,13,16-19,22-25,27-28,41,43,63,66H,3-4,6,8-10,12,14-15,20-21,26,29-40,42,44-62H2,1-2H3/b7-5-,13-11-,18-16-,19-17-,24-22-,25-23-,28-27-,43-41-. The molecule has 0 aromatic carbocycles. The Morgan fingerprint density at radius 2 is 0.614 bits per heavy atom. The molecule has 0 aromatic rings. The van der Waals surface area contributed by atoms with E-state index in [9.17, 15) is 14.7 Å². The molecule has 0 fully saturated rings. The zero-order valence-corrected chi connectivity index (χ0v) is 46.0. The third-order valence-electron chi connectivity index (χ3n) is 12.9. The number of hydrogen-bond donors (Lipinski definition) is 1. The first-order chi connectivity index (χ1) is 34.6. The lowest BCUT2D eigenvalue weighted by Crippen LogP contribution is -2.28. The second kappa shape index (κ2) is 60.1. The van der Waals surface area contributed by atoms with E-state index < -0.39 is 6.10 Å². The number of hydrogen-bond acceptors (Lipinski definition) is 5. The first-order valence-electron chi connectivity index (χ1n) is 29.8. The van der Waals surface area contributed by atoms with Crippen molar-refractivity contribution < 1.29 is 24.2 Å². The van der Waals surface area contributed by atoms with Gasteiger partial charge in [0.2, 0.25) is 0 Å². The monoisotopic (exact) mass is 973 g/mol. The number of aliphatic hydroxyl groups excluding tert-OH is 1. The van der Waals surface area contributed by atoms with Gasteiger partial charge in [-0.15, -0.1) is 0 Å². The average Bonchev–Trinajstić information content (AvgIpc) is 3.36. The highest BCUT2D eigenvalue weighted by Crippen LogP contribution is 2.16. The summed E-state index contributed by atoms with van der Waals surface area (Å²) in [5.74, 6) is -0.599. The highest BCUT2D eigenvalue weighted by atomic mass is 16.6. The summed E-state index contributed by atoms with van der Waals surface area (Å²) in [7, 11) is 0. The molecule has 0 amide bonds. The van der Waals surface area contributed by atoms with Gasteiger partial charge in [-0.25, -0.2) is 0 Å². The van der Waals surface area contributed by atoms with Crippen LogP contribution in [0.4, 0.5) is 0 Å². The number of esters is 2. The van der Waals surface area contributed by atoms with Crippen LogP contribution in [0, 0.1) is 0 Å². The molecule has 0 saturated carbocycles. The summed E-state index contributed by atoms with van der Waals surface area (Å²) >= 11 is 0. The van der Waals surface area contributed by atoms with E-state index >= 15 is 0 Å². The SMILES string of the molecule is CC/C=C\C/C=C\C/C=C\C/C=C\C/C=C\CCCCCCCCCCCCCCCCCCCCCC(=O)OC(CO)COC(=O)CCCCCCCC/C=C\C/C=C\C/C=C\CCCCCCC. The van der Waals surface area contributed by atoms with Crippen LogP contribution < -0.4 is 0 Å². The second-order valence-corrected chi connectivity index (χ2v) is 19.7. The molecule has 0 rings (SSSR count). The maximum atomic E-state index is 12.3. The van der Waals surface area contributed by atoms with Gasteiger partial charge in [0.25, 0.3) is 0 Å². The minimum atomic E-state index is -0.782. The fourth-order valence-electron chi connectivity index (χ4n) is 8.41. The average molecular weight is 974 g/mol. The van der Waals surface area contributed by atoms with Gasteiger partial charge in [-0.2, -0.15) is 0 Å². The lowest BCUT2D eigenvalue weighted by molar-refractivity contribution is -0.161. The summed E-state index contributed by atoms with van der Waals surface area (Å²) in [6.45, 7) is 4.02. The molecule has 70 heavy (non-hydrogen) atoms. The van der Waals surface area contributed by atoms with Crippen LogP contribution in [0.25, 0.3) is 0 Å². The number of carbonyl (C=O) groups is 2. The van der Waals surface area contributed by atoms with Crippen LogP contribution in [0.15, 0.2) is 97.2 Å². The maximum absolute atomic E-state index is 12.3. The molecule has 1 N–H and O–H groups in total. The zero-order valence-electron chi connectivity index (χ0n) is 46.0. The Hall–Kier alpha value is -3.18. The predicted molar refractivity (Wildman–Crippen MR) is 306 cm³/mol. The van der Waals surface area contributed by atoms with Crippen LogP contribution in [0.3, 0.4) is 0 Å². The number of aliphatic hydroxyl groups is 1. The molecule has 1 unspecified atom stereocenters. The van der Waals surface area contributed by atoms with Crippen LogP contribution in [0.2, 0.25) is 0 Å². The van der Waals surface area contributed by atoms with Gasteiger partial charge in [0.05, 0.1) is 6.61 Å². The van der Waals surface area contributed by atoms with Gasteiger partial charge in [0.1, 0.15) is 6.61 Å². The van der Waals surface area contributed by atoms with Gasteiger partial charge in [-0.1, -0.05) is 272 Å². The second-order valence-electron chi connectivity index (χ2n) is 19.7. The number of carbonyl (C=O) groups excluding carboxylic acids is 2. The first kappa shape index (κ1) is 66.8. The molecule has 0 heterocycles. The van der Waals surface area contributed by atoms with Crippen LogP contribution in [-0.4, -0.2) is 36.4 Å². The number of allylic oxidation sites excluding steroid dienone is 16. The molecule has 0 saturated heterocycles. The summed E-state index contributed by atoms with van der Waals surface area (Å²) < 4.78 is 10.7. The molecule has 0 aromatic heterocycles. The summed E-state index contributed by atoms with van der Waals surface area (Å²) in [6, 6.07) is 0. The fraction of sp³-hybridized carbons (Fsp3) is 0.723. The van der Waals surface area contributed by atoms with Crippen LogP contribution >= 0.6 is 0 Å². The Kier molecular flexibility index (Phi) is 57.4. The van der Waals surface area contributed by atoms with E-state index in [4.69, 9.17) is 9.47 Å². The van der Waals surface area contributed by atoms with Crippen LogP contribution in [0.1, 0.15) is 284 Å². The minimum absolute atomic E-state index is 0.0741. The molecule has 0 aliphatic carbocycles. The molecule has 5 nitrogen and oxygen atoms in total. The maximum Gasteiger partial charge on any atom is 0.306 e. The summed E-state index contributed by atoms with van der Waals surface area (Å²) in [6.07, 6.45) is 85.3. The molecule has 0 radical (unpaired) electrons. The smallest absolute Gasteiger partial charge is 0.306 e. The van der Waals surface area contributed by atoms with Gasteiger partial charge in [0, 0.05) is 12.8 Å². The molecule has 0 spiro atoms. The Bertz CT molecular complexity index is 1330. The van der Waals surface area contributed by atoms with E-state index in [1.165, 1.54) is 167 Å². The van der Waals surface area contributed by atoms with Crippen molar-refractivity contribution in [3.63, 3.8) is 0 Å². The topological polar surface area (TPSA) is 72.8 Å². The van der Waals surface area contributed by atoms with Crippen molar-refractivity contribution in [1.82, 2.24) is 0 Å². The molecule has 1 atom stereocenters. The quantitative estimate of drug-likeness (QED) is 0.0373. The summed E-state index contributed by atoms with van der Waals surface area (Å²) in [5.41, 5.74) is 0. The third-order valence-corrected chi connectivity index (χ3v) is 12.9. The summed E-state index contributed by atoms with van der Waals surface area (Å²) in [4.78, 5) is 24.5. The van der Waals surface area contributed by atoms with Crippen molar-refractivity contribution in [2.75, 3.05) is 13.2 Å². The Balaban J connectivity index is 3.48. The lowest BCUT2D eigenvalue weighted by atomic mass is 10.0. The van der Waals surface area contributed by atoms with E-state index in [2.05, 4.69) is 111 Å². The molecule has 0 bridgehead atoms. The Morgan fingerprint density at radius 1 is 0.343 bits per heavy atom. The van der Waals surface area contributed by atoms with Gasteiger partial charge in [-0.3, -0.25) is 9.59 Å². The van der Waals surface area contributed by atoms with Crippen molar-refractivity contribution >= 4 is 11.9 Å². The normalized spacial score (nSPS) is 12.9. The van der Waals surface area contributed by atoms with Crippen molar-refractivity contribution in [2.24, 2.45) is 0 Å². The van der Waals surface area contributed by atoms with Gasteiger partial charge < -0.3 is 14.6 Å². The van der Waals surface area contributed by atoms with E-state index in [0.29, 0.717) is 12.8 Å². The van der Waals surface area contributed by atoms with Gasteiger partial charge in [0.15, 0.2) is 6.10 Å². The largest absolute Gasteiger partial charge is 0.462 e. The minimum Gasteiger partial charge on any atom is -0.462 e. The highest BCUT2D eigenvalue weighted by molar-refractivity contribution is 5.70. The molecule has 402 valence electrons.